The second kappa shape index (κ2) is 9.65. The molecule has 0 saturated heterocycles. The first-order chi connectivity index (χ1) is 16.1. The molecule has 0 bridgehead atoms. The van der Waals surface area contributed by atoms with E-state index in [1.807, 2.05) is 33.9 Å². The normalized spacial score (nSPS) is 17.5. The summed E-state index contributed by atoms with van der Waals surface area (Å²) in [6.45, 7) is 1.49. The largest absolute Gasteiger partial charge is 0.491 e. The summed E-state index contributed by atoms with van der Waals surface area (Å²) in [6, 6.07) is 11.5. The predicted octanol–water partition coefficient (Wildman–Crippen LogP) is 5.01. The van der Waals surface area contributed by atoms with E-state index >= 15 is 0 Å². The van der Waals surface area contributed by atoms with Crippen molar-refractivity contribution < 1.29 is 18.7 Å². The summed E-state index contributed by atoms with van der Waals surface area (Å²) in [6.07, 6.45) is 3.00. The molecular weight excluding hydrogens is 459 g/mol. The molecule has 8 heteroatoms. The molecule has 33 heavy (non-hydrogen) atoms. The fourth-order valence-corrected chi connectivity index (χ4v) is 5.87. The van der Waals surface area contributed by atoms with Gasteiger partial charge in [-0.3, -0.25) is 9.59 Å². The Morgan fingerprint density at radius 2 is 2.00 bits per heavy atom. The first-order valence-electron chi connectivity index (χ1n) is 11.2. The topological polar surface area (TPSA) is 49.9 Å². The SMILES string of the molecule is O=C(c1cccs1)N(CC(=O)N1CCc2sccc2C1COc1cccc(F)c1)CC1CC1. The summed E-state index contributed by atoms with van der Waals surface area (Å²) in [5, 5.41) is 3.92. The van der Waals surface area contributed by atoms with Gasteiger partial charge in [0.25, 0.3) is 5.91 Å². The van der Waals surface area contributed by atoms with Crippen LogP contribution in [0.2, 0.25) is 0 Å². The molecule has 1 aromatic carbocycles. The van der Waals surface area contributed by atoms with E-state index in [9.17, 15) is 14.0 Å². The molecule has 1 unspecified atom stereocenters. The molecule has 5 nitrogen and oxygen atoms in total. The van der Waals surface area contributed by atoms with Crippen molar-refractivity contribution in [2.24, 2.45) is 5.92 Å². The number of carbonyl (C=O) groups is 2. The Balaban J connectivity index is 1.33. The van der Waals surface area contributed by atoms with E-state index < -0.39 is 0 Å². The summed E-state index contributed by atoms with van der Waals surface area (Å²) >= 11 is 3.09. The first kappa shape index (κ1) is 22.1. The maximum atomic E-state index is 13.6. The number of amides is 2. The van der Waals surface area contributed by atoms with Gasteiger partial charge in [0.15, 0.2) is 0 Å². The maximum Gasteiger partial charge on any atom is 0.264 e. The van der Waals surface area contributed by atoms with Gasteiger partial charge in [-0.05, 0) is 65.8 Å². The van der Waals surface area contributed by atoms with Crippen molar-refractivity contribution >= 4 is 34.5 Å². The van der Waals surface area contributed by atoms with Gasteiger partial charge in [0.05, 0.1) is 10.9 Å². The van der Waals surface area contributed by atoms with Gasteiger partial charge in [-0.2, -0.15) is 0 Å². The van der Waals surface area contributed by atoms with Gasteiger partial charge in [-0.1, -0.05) is 12.1 Å². The van der Waals surface area contributed by atoms with Crippen LogP contribution in [0.5, 0.6) is 5.75 Å². The minimum absolute atomic E-state index is 0.0587. The number of ether oxygens (including phenoxy) is 1. The average molecular weight is 485 g/mol. The van der Waals surface area contributed by atoms with Gasteiger partial charge in [0, 0.05) is 24.0 Å². The fraction of sp³-hybridized carbons (Fsp3) is 0.360. The molecule has 2 amide bonds. The van der Waals surface area contributed by atoms with Crippen LogP contribution < -0.4 is 4.74 Å². The molecule has 3 heterocycles. The number of benzene rings is 1. The highest BCUT2D eigenvalue weighted by atomic mass is 32.1. The molecule has 2 aliphatic rings. The van der Waals surface area contributed by atoms with Crippen LogP contribution in [0.25, 0.3) is 0 Å². The molecule has 3 aromatic rings. The number of nitrogens with zero attached hydrogens (tertiary/aromatic N) is 2. The minimum Gasteiger partial charge on any atom is -0.491 e. The van der Waals surface area contributed by atoms with Crippen molar-refractivity contribution in [3.63, 3.8) is 0 Å². The Kier molecular flexibility index (Phi) is 6.46. The number of halogens is 1. The Hall–Kier alpha value is -2.71. The Labute approximate surface area is 200 Å². The van der Waals surface area contributed by atoms with Crippen LogP contribution in [0.3, 0.4) is 0 Å². The smallest absolute Gasteiger partial charge is 0.264 e. The monoisotopic (exact) mass is 484 g/mol. The van der Waals surface area contributed by atoms with Gasteiger partial charge in [-0.25, -0.2) is 4.39 Å². The first-order valence-corrected chi connectivity index (χ1v) is 12.9. The Morgan fingerprint density at radius 1 is 1.12 bits per heavy atom. The number of carbonyl (C=O) groups excluding carboxylic acids is 2. The van der Waals surface area contributed by atoms with Gasteiger partial charge in [0.1, 0.15) is 24.7 Å². The molecule has 0 spiro atoms. The van der Waals surface area contributed by atoms with Crippen LogP contribution in [-0.4, -0.2) is 47.9 Å². The lowest BCUT2D eigenvalue weighted by molar-refractivity contribution is -0.135. The standard InChI is InChI=1S/C25H25FN2O3S2/c26-18-3-1-4-19(13-18)31-16-21-20-9-12-33-22(20)8-10-28(21)24(29)15-27(14-17-6-7-17)25(30)23-5-2-11-32-23/h1-5,9,11-13,17,21H,6-8,10,14-16H2. The molecule has 172 valence electrons. The summed E-state index contributed by atoms with van der Waals surface area (Å²) < 4.78 is 19.5. The Morgan fingerprint density at radius 3 is 2.76 bits per heavy atom. The zero-order valence-electron chi connectivity index (χ0n) is 18.1. The number of thiophene rings is 2. The van der Waals surface area contributed by atoms with E-state index in [2.05, 4.69) is 0 Å². The van der Waals surface area contributed by atoms with Gasteiger partial charge in [0.2, 0.25) is 5.91 Å². The average Bonchev–Trinajstić information content (AvgIpc) is 3.26. The molecule has 0 radical (unpaired) electrons. The molecule has 0 N–H and O–H groups in total. The van der Waals surface area contributed by atoms with Gasteiger partial charge < -0.3 is 14.5 Å². The molecule has 1 aliphatic heterocycles. The highest BCUT2D eigenvalue weighted by Crippen LogP contribution is 2.35. The molecule has 1 aliphatic carbocycles. The quantitative estimate of drug-likeness (QED) is 0.452. The summed E-state index contributed by atoms with van der Waals surface area (Å²) in [7, 11) is 0. The van der Waals surface area contributed by atoms with Crippen molar-refractivity contribution in [3.8, 4) is 5.75 Å². The molecule has 2 aromatic heterocycles. The summed E-state index contributed by atoms with van der Waals surface area (Å²) in [5.41, 5.74) is 1.08. The van der Waals surface area contributed by atoms with Crippen LogP contribution in [0.15, 0.2) is 53.2 Å². The number of rotatable bonds is 8. The van der Waals surface area contributed by atoms with Crippen molar-refractivity contribution in [2.75, 3.05) is 26.2 Å². The van der Waals surface area contributed by atoms with Crippen LogP contribution >= 0.6 is 22.7 Å². The van der Waals surface area contributed by atoms with Crippen LogP contribution in [0.4, 0.5) is 4.39 Å². The van der Waals surface area contributed by atoms with Crippen molar-refractivity contribution in [1.82, 2.24) is 9.80 Å². The lowest BCUT2D eigenvalue weighted by Crippen LogP contribution is -2.48. The van der Waals surface area contributed by atoms with Gasteiger partial charge in [-0.15, -0.1) is 22.7 Å². The van der Waals surface area contributed by atoms with E-state index in [4.69, 9.17) is 4.74 Å². The zero-order valence-corrected chi connectivity index (χ0v) is 19.7. The molecule has 1 atom stereocenters. The highest BCUT2D eigenvalue weighted by Gasteiger charge is 2.35. The maximum absolute atomic E-state index is 13.6. The minimum atomic E-state index is -0.358. The number of fused-ring (bicyclic) bond motifs is 1. The van der Waals surface area contributed by atoms with E-state index in [1.165, 1.54) is 28.3 Å². The van der Waals surface area contributed by atoms with Crippen LogP contribution in [-0.2, 0) is 11.2 Å². The lowest BCUT2D eigenvalue weighted by Gasteiger charge is -2.37. The van der Waals surface area contributed by atoms with Crippen molar-refractivity contribution in [3.05, 3.63) is 74.4 Å². The third kappa shape index (κ3) is 5.12. The Bertz CT molecular complexity index is 1130. The third-order valence-electron chi connectivity index (χ3n) is 6.14. The number of hydrogen-bond donors (Lipinski definition) is 0. The molecular formula is C25H25FN2O3S2. The fourth-order valence-electron chi connectivity index (χ4n) is 4.25. The summed E-state index contributed by atoms with van der Waals surface area (Å²) in [5.74, 6) is 0.408. The number of hydrogen-bond acceptors (Lipinski definition) is 5. The van der Waals surface area contributed by atoms with E-state index in [-0.39, 0.29) is 36.8 Å². The third-order valence-corrected chi connectivity index (χ3v) is 7.99. The molecule has 1 saturated carbocycles. The second-order valence-electron chi connectivity index (χ2n) is 8.53. The van der Waals surface area contributed by atoms with Crippen molar-refractivity contribution in [2.45, 2.75) is 25.3 Å². The second-order valence-corrected chi connectivity index (χ2v) is 10.5. The molecule has 1 fully saturated rings. The van der Waals surface area contributed by atoms with E-state index in [0.29, 0.717) is 29.6 Å². The van der Waals surface area contributed by atoms with E-state index in [1.54, 1.807) is 28.4 Å². The molecule has 5 rings (SSSR count). The van der Waals surface area contributed by atoms with Crippen LogP contribution in [0, 0.1) is 11.7 Å². The summed E-state index contributed by atoms with van der Waals surface area (Å²) in [4.78, 5) is 32.0. The zero-order chi connectivity index (χ0) is 22.8. The van der Waals surface area contributed by atoms with Crippen LogP contribution in [0.1, 0.15) is 39.0 Å². The van der Waals surface area contributed by atoms with Crippen molar-refractivity contribution in [1.29, 1.82) is 0 Å². The van der Waals surface area contributed by atoms with Gasteiger partial charge >= 0.3 is 0 Å². The predicted molar refractivity (Wildman–Crippen MR) is 127 cm³/mol. The van der Waals surface area contributed by atoms with E-state index in [0.717, 1.165) is 24.8 Å². The highest BCUT2D eigenvalue weighted by molar-refractivity contribution is 7.12. The lowest BCUT2D eigenvalue weighted by atomic mass is 10.0.